The standard InChI is InChI=1S/C13H20BrNO2S/c1-11(2)10-15-8-5-9-18(16,17)13-7-4-3-6-12(13)14/h3-4,6-7,11,15H,5,8-10H2,1-2H3. The SMILES string of the molecule is CC(C)CNCCCS(=O)(=O)c1ccccc1Br. The van der Waals surface area contributed by atoms with Crippen molar-refractivity contribution in [2.24, 2.45) is 5.92 Å². The predicted molar refractivity (Wildman–Crippen MR) is 78.5 cm³/mol. The molecule has 0 aromatic heterocycles. The maximum atomic E-state index is 12.1. The molecule has 1 aromatic carbocycles. The maximum absolute atomic E-state index is 12.1. The van der Waals surface area contributed by atoms with Gasteiger partial charge in [0, 0.05) is 4.47 Å². The van der Waals surface area contributed by atoms with Gasteiger partial charge in [0.1, 0.15) is 0 Å². The van der Waals surface area contributed by atoms with Gasteiger partial charge < -0.3 is 5.32 Å². The second-order valence-corrected chi connectivity index (χ2v) is 7.63. The highest BCUT2D eigenvalue weighted by atomic mass is 79.9. The lowest BCUT2D eigenvalue weighted by molar-refractivity contribution is 0.546. The van der Waals surface area contributed by atoms with E-state index in [0.717, 1.165) is 13.1 Å². The Morgan fingerprint density at radius 2 is 1.94 bits per heavy atom. The average Bonchev–Trinajstić information content (AvgIpc) is 2.28. The van der Waals surface area contributed by atoms with E-state index >= 15 is 0 Å². The normalized spacial score (nSPS) is 12.0. The van der Waals surface area contributed by atoms with Gasteiger partial charge in [0.2, 0.25) is 0 Å². The molecule has 1 rings (SSSR count). The number of halogens is 1. The first-order valence-corrected chi connectivity index (χ1v) is 8.56. The second-order valence-electron chi connectivity index (χ2n) is 4.70. The Bertz CT molecular complexity index is 472. The first kappa shape index (κ1) is 15.7. The zero-order valence-corrected chi connectivity index (χ0v) is 13.2. The van der Waals surface area contributed by atoms with Gasteiger partial charge in [0.25, 0.3) is 0 Å². The van der Waals surface area contributed by atoms with Crippen molar-refractivity contribution in [2.75, 3.05) is 18.8 Å². The Morgan fingerprint density at radius 3 is 2.56 bits per heavy atom. The third-order valence-electron chi connectivity index (χ3n) is 2.49. The molecule has 3 nitrogen and oxygen atoms in total. The van der Waals surface area contributed by atoms with Crippen molar-refractivity contribution in [1.82, 2.24) is 5.32 Å². The minimum Gasteiger partial charge on any atom is -0.316 e. The average molecular weight is 334 g/mol. The molecule has 18 heavy (non-hydrogen) atoms. The summed E-state index contributed by atoms with van der Waals surface area (Å²) in [7, 11) is -3.18. The monoisotopic (exact) mass is 333 g/mol. The van der Waals surface area contributed by atoms with Gasteiger partial charge in [0.05, 0.1) is 10.6 Å². The fourth-order valence-corrected chi connectivity index (χ4v) is 4.00. The molecular weight excluding hydrogens is 314 g/mol. The minimum absolute atomic E-state index is 0.181. The highest BCUT2D eigenvalue weighted by Gasteiger charge is 2.16. The van der Waals surface area contributed by atoms with Crippen LogP contribution in [0.1, 0.15) is 20.3 Å². The van der Waals surface area contributed by atoms with Crippen LogP contribution in [0.3, 0.4) is 0 Å². The zero-order valence-electron chi connectivity index (χ0n) is 10.8. The molecule has 0 fully saturated rings. The Kier molecular flexibility index (Phi) is 6.32. The number of rotatable bonds is 7. The number of hydrogen-bond acceptors (Lipinski definition) is 3. The molecule has 0 aliphatic heterocycles. The van der Waals surface area contributed by atoms with Gasteiger partial charge in [-0.1, -0.05) is 26.0 Å². The molecule has 0 saturated heterocycles. The van der Waals surface area contributed by atoms with Crippen LogP contribution in [0, 0.1) is 5.92 Å². The van der Waals surface area contributed by atoms with Crippen LogP contribution in [0.2, 0.25) is 0 Å². The van der Waals surface area contributed by atoms with E-state index in [-0.39, 0.29) is 5.75 Å². The van der Waals surface area contributed by atoms with Crippen LogP contribution >= 0.6 is 15.9 Å². The minimum atomic E-state index is -3.18. The van der Waals surface area contributed by atoms with E-state index < -0.39 is 9.84 Å². The molecule has 0 amide bonds. The summed E-state index contributed by atoms with van der Waals surface area (Å²) >= 11 is 3.28. The summed E-state index contributed by atoms with van der Waals surface area (Å²) in [5.74, 6) is 0.769. The molecule has 1 aromatic rings. The third-order valence-corrected chi connectivity index (χ3v) is 5.30. The van der Waals surface area contributed by atoms with Crippen LogP contribution in [0.15, 0.2) is 33.6 Å². The van der Waals surface area contributed by atoms with E-state index in [1.165, 1.54) is 0 Å². The number of sulfone groups is 1. The Balaban J connectivity index is 2.49. The van der Waals surface area contributed by atoms with E-state index in [1.807, 2.05) is 6.07 Å². The molecule has 5 heteroatoms. The lowest BCUT2D eigenvalue weighted by Gasteiger charge is -2.08. The van der Waals surface area contributed by atoms with Crippen LogP contribution in [0.4, 0.5) is 0 Å². The second kappa shape index (κ2) is 7.26. The molecule has 0 bridgehead atoms. The highest BCUT2D eigenvalue weighted by Crippen LogP contribution is 2.22. The van der Waals surface area contributed by atoms with Crippen molar-refractivity contribution in [3.05, 3.63) is 28.7 Å². The van der Waals surface area contributed by atoms with E-state index in [1.54, 1.807) is 18.2 Å². The lowest BCUT2D eigenvalue weighted by Crippen LogP contribution is -2.22. The van der Waals surface area contributed by atoms with Gasteiger partial charge in [-0.15, -0.1) is 0 Å². The fourth-order valence-electron chi connectivity index (χ4n) is 1.58. The molecule has 1 N–H and O–H groups in total. The molecule has 0 unspecified atom stereocenters. The highest BCUT2D eigenvalue weighted by molar-refractivity contribution is 9.10. The van der Waals surface area contributed by atoms with Crippen molar-refractivity contribution in [3.8, 4) is 0 Å². The van der Waals surface area contributed by atoms with Gasteiger partial charge in [0.15, 0.2) is 9.84 Å². The summed E-state index contributed by atoms with van der Waals surface area (Å²) in [6.07, 6.45) is 0.635. The summed E-state index contributed by atoms with van der Waals surface area (Å²) in [6, 6.07) is 6.95. The van der Waals surface area contributed by atoms with Gasteiger partial charge in [-0.25, -0.2) is 8.42 Å². The van der Waals surface area contributed by atoms with Crippen LogP contribution < -0.4 is 5.32 Å². The van der Waals surface area contributed by atoms with Crippen LogP contribution in [-0.4, -0.2) is 27.3 Å². The van der Waals surface area contributed by atoms with Crippen molar-refractivity contribution in [2.45, 2.75) is 25.2 Å². The summed E-state index contributed by atoms with van der Waals surface area (Å²) in [5, 5.41) is 3.25. The molecule has 0 heterocycles. The summed E-state index contributed by atoms with van der Waals surface area (Å²) in [4.78, 5) is 0.383. The van der Waals surface area contributed by atoms with Crippen LogP contribution in [0.5, 0.6) is 0 Å². The lowest BCUT2D eigenvalue weighted by atomic mass is 10.2. The maximum Gasteiger partial charge on any atom is 0.179 e. The van der Waals surface area contributed by atoms with Crippen molar-refractivity contribution in [3.63, 3.8) is 0 Å². The van der Waals surface area contributed by atoms with Crippen LogP contribution in [-0.2, 0) is 9.84 Å². The molecule has 0 atom stereocenters. The Labute approximate surface area is 118 Å². The van der Waals surface area contributed by atoms with Crippen molar-refractivity contribution >= 4 is 25.8 Å². The quantitative estimate of drug-likeness (QED) is 0.780. The molecule has 0 aliphatic carbocycles. The van der Waals surface area contributed by atoms with E-state index in [0.29, 0.717) is 21.7 Å². The molecule has 0 radical (unpaired) electrons. The molecule has 0 spiro atoms. The summed E-state index contributed by atoms with van der Waals surface area (Å²) in [6.45, 7) is 5.92. The molecule has 0 saturated carbocycles. The first-order valence-electron chi connectivity index (χ1n) is 6.11. The van der Waals surface area contributed by atoms with Gasteiger partial charge >= 0.3 is 0 Å². The molecule has 102 valence electrons. The molecule has 0 aliphatic rings. The van der Waals surface area contributed by atoms with Gasteiger partial charge in [-0.2, -0.15) is 0 Å². The Morgan fingerprint density at radius 1 is 1.28 bits per heavy atom. The van der Waals surface area contributed by atoms with Crippen molar-refractivity contribution < 1.29 is 8.42 Å². The summed E-state index contributed by atoms with van der Waals surface area (Å²) in [5.41, 5.74) is 0. The predicted octanol–water partition coefficient (Wildman–Crippen LogP) is 2.86. The van der Waals surface area contributed by atoms with Gasteiger partial charge in [-0.3, -0.25) is 0 Å². The third kappa shape index (κ3) is 5.08. The zero-order chi connectivity index (χ0) is 13.6. The van der Waals surface area contributed by atoms with E-state index in [2.05, 4.69) is 35.1 Å². The first-order chi connectivity index (χ1) is 8.43. The van der Waals surface area contributed by atoms with E-state index in [4.69, 9.17) is 0 Å². The van der Waals surface area contributed by atoms with Crippen LogP contribution in [0.25, 0.3) is 0 Å². The number of nitrogens with one attached hydrogen (secondary N) is 1. The smallest absolute Gasteiger partial charge is 0.179 e. The van der Waals surface area contributed by atoms with Gasteiger partial charge in [-0.05, 0) is 53.5 Å². The summed E-state index contributed by atoms with van der Waals surface area (Å²) < 4.78 is 24.8. The van der Waals surface area contributed by atoms with E-state index in [9.17, 15) is 8.42 Å². The number of benzene rings is 1. The fraction of sp³-hybridized carbons (Fsp3) is 0.538. The Hall–Kier alpha value is -0.390. The number of hydrogen-bond donors (Lipinski definition) is 1. The molecular formula is C13H20BrNO2S. The topological polar surface area (TPSA) is 46.2 Å². The van der Waals surface area contributed by atoms with Crippen molar-refractivity contribution in [1.29, 1.82) is 0 Å². The largest absolute Gasteiger partial charge is 0.316 e.